The lowest BCUT2D eigenvalue weighted by molar-refractivity contribution is -0.148. The fourth-order valence-electron chi connectivity index (χ4n) is 5.53. The quantitative estimate of drug-likeness (QED) is 0.221. The van der Waals surface area contributed by atoms with Gasteiger partial charge in [0.2, 0.25) is 0 Å². The third kappa shape index (κ3) is 12.3. The minimum atomic E-state index is -2.26. The maximum Gasteiger partial charge on any atom is 0.320 e. The first-order valence-corrected chi connectivity index (χ1v) is 31.2. The van der Waals surface area contributed by atoms with Gasteiger partial charge in [0.05, 0.1) is 12.5 Å². The molecule has 2 unspecified atom stereocenters. The molecule has 0 N–H and O–H groups in total. The highest BCUT2D eigenvalue weighted by atomic mass is 28.5. The van der Waals surface area contributed by atoms with Crippen LogP contribution in [0, 0.1) is 11.8 Å². The van der Waals surface area contributed by atoms with Crippen LogP contribution in [0.5, 0.6) is 0 Å². The minimum absolute atomic E-state index is 0.0137. The summed E-state index contributed by atoms with van der Waals surface area (Å²) in [4.78, 5) is 12.2. The summed E-state index contributed by atoms with van der Waals surface area (Å²) in [7, 11) is -12.1. The monoisotopic (exact) mass is 626 g/mol. The van der Waals surface area contributed by atoms with Gasteiger partial charge in [-0.15, -0.1) is 0 Å². The molecule has 0 aromatic rings. The predicted octanol–water partition coefficient (Wildman–Crippen LogP) is 7.68. The molecule has 2 heterocycles. The molecule has 7 nitrogen and oxygen atoms in total. The van der Waals surface area contributed by atoms with Crippen LogP contribution in [0.2, 0.25) is 89.6 Å². The Kier molecular flexibility index (Phi) is 12.5. The molecule has 0 aromatic carbocycles. The number of hydrogen-bond donors (Lipinski definition) is 0. The van der Waals surface area contributed by atoms with E-state index in [1.807, 2.05) is 0 Å². The van der Waals surface area contributed by atoms with Crippen LogP contribution in [0.25, 0.3) is 0 Å². The lowest BCUT2D eigenvalue weighted by Gasteiger charge is -2.49. The topological polar surface area (TPSA) is 72.5 Å². The second-order valence-corrected chi connectivity index (χ2v) is 37.2. The normalized spacial score (nSPS) is 27.4. The second-order valence-electron chi connectivity index (χ2n) is 13.8. The van der Waals surface area contributed by atoms with Gasteiger partial charge in [-0.3, -0.25) is 4.79 Å². The molecule has 2 atom stereocenters. The maximum absolute atomic E-state index is 12.2. The van der Waals surface area contributed by atoms with E-state index in [0.717, 1.165) is 24.9 Å². The van der Waals surface area contributed by atoms with Crippen molar-refractivity contribution in [3.05, 3.63) is 0 Å². The van der Waals surface area contributed by atoms with E-state index in [1.54, 1.807) is 0 Å². The summed E-state index contributed by atoms with van der Waals surface area (Å²) in [6.07, 6.45) is 2.13. The van der Waals surface area contributed by atoms with Crippen molar-refractivity contribution in [2.75, 3.05) is 6.61 Å². The fourth-order valence-corrected chi connectivity index (χ4v) is 37.3. The highest BCUT2D eigenvalue weighted by Crippen LogP contribution is 2.38. The number of hydrogen-bond acceptors (Lipinski definition) is 7. The van der Waals surface area contributed by atoms with E-state index in [1.165, 1.54) is 0 Å². The Bertz CT molecular complexity index is 722. The number of ether oxygens (including phenoxy) is 1. The summed E-state index contributed by atoms with van der Waals surface area (Å²) >= 11 is 0. The van der Waals surface area contributed by atoms with E-state index in [9.17, 15) is 4.79 Å². The molecule has 0 saturated carbocycles. The zero-order valence-corrected chi connectivity index (χ0v) is 32.6. The molecule has 2 saturated heterocycles. The van der Waals surface area contributed by atoms with Gasteiger partial charge in [0.1, 0.15) is 0 Å². The van der Waals surface area contributed by atoms with Crippen LogP contribution in [0.1, 0.15) is 40.5 Å². The first kappa shape index (κ1) is 35.6. The first-order chi connectivity index (χ1) is 16.5. The first-order valence-electron chi connectivity index (χ1n) is 14.1. The van der Waals surface area contributed by atoms with Gasteiger partial charge in [0.15, 0.2) is 16.6 Å². The van der Waals surface area contributed by atoms with Crippen LogP contribution in [-0.2, 0) is 30.1 Å². The van der Waals surface area contributed by atoms with Gasteiger partial charge < -0.3 is 25.3 Å². The van der Waals surface area contributed by atoms with Gasteiger partial charge in [0.25, 0.3) is 0 Å². The third-order valence-corrected chi connectivity index (χ3v) is 31.6. The average molecular weight is 627 g/mol. The highest BCUT2D eigenvalue weighted by Gasteiger charge is 2.54. The molecule has 220 valence electrons. The van der Waals surface area contributed by atoms with E-state index in [-0.39, 0.29) is 11.9 Å². The Balaban J connectivity index is 0.000000371. The maximum atomic E-state index is 12.2. The highest BCUT2D eigenvalue weighted by molar-refractivity contribution is 6.93. The Morgan fingerprint density at radius 3 is 1.49 bits per heavy atom. The molecule has 2 aliphatic rings. The third-order valence-electron chi connectivity index (χ3n) is 6.96. The predicted molar refractivity (Wildman–Crippen MR) is 168 cm³/mol. The number of rotatable bonds is 6. The van der Waals surface area contributed by atoms with Crippen molar-refractivity contribution in [2.24, 2.45) is 11.8 Å². The van der Waals surface area contributed by atoms with Crippen LogP contribution < -0.4 is 0 Å². The molecule has 0 spiro atoms. The van der Waals surface area contributed by atoms with E-state index in [2.05, 4.69) is 99.7 Å². The Hall–Kier alpha value is 0.571. The van der Waals surface area contributed by atoms with Crippen molar-refractivity contribution in [1.82, 2.24) is 0 Å². The number of carbonyl (C=O) groups is 1. The van der Waals surface area contributed by atoms with Crippen LogP contribution >= 0.6 is 0 Å². The van der Waals surface area contributed by atoms with E-state index in [4.69, 9.17) is 25.3 Å². The summed E-state index contributed by atoms with van der Waals surface area (Å²) in [6.45, 7) is 32.9. The van der Waals surface area contributed by atoms with E-state index >= 15 is 0 Å². The molecule has 0 aromatic heterocycles. The number of carbonyl (C=O) groups excluding carboxylic acids is 1. The van der Waals surface area contributed by atoms with E-state index < -0.39 is 50.9 Å². The molecule has 37 heavy (non-hydrogen) atoms. The van der Waals surface area contributed by atoms with Gasteiger partial charge in [-0.2, -0.15) is 0 Å². The Morgan fingerprint density at radius 1 is 0.703 bits per heavy atom. The van der Waals surface area contributed by atoms with Crippen molar-refractivity contribution in [3.63, 3.8) is 0 Å². The van der Waals surface area contributed by atoms with Gasteiger partial charge in [-0.05, 0) is 95.6 Å². The van der Waals surface area contributed by atoms with Gasteiger partial charge in [-0.1, -0.05) is 40.5 Å². The van der Waals surface area contributed by atoms with Crippen LogP contribution in [0.4, 0.5) is 0 Å². The van der Waals surface area contributed by atoms with E-state index in [0.29, 0.717) is 18.1 Å². The van der Waals surface area contributed by atoms with Gasteiger partial charge >= 0.3 is 40.2 Å². The SMILES string of the molecule is CCC(C)COC(=O)C1C[Si](C)(C)O[Si](C)(C)C1.CCC(C)[Si]1(C)O[Si](C)(C)O[Si](C)(C)O[Si](C)(C)O1. The zero-order chi connectivity index (χ0) is 29.1. The van der Waals surface area contributed by atoms with Crippen LogP contribution in [0.15, 0.2) is 0 Å². The van der Waals surface area contributed by atoms with Crippen molar-refractivity contribution in [1.29, 1.82) is 0 Å². The smallest absolute Gasteiger partial charge is 0.320 e. The largest absolute Gasteiger partial charge is 0.465 e. The molecule has 0 radical (unpaired) electrons. The lowest BCUT2D eigenvalue weighted by Crippen LogP contribution is -2.66. The summed E-state index contributed by atoms with van der Waals surface area (Å²) in [5, 5.41) is 0. The molecule has 13 heteroatoms. The minimum Gasteiger partial charge on any atom is -0.465 e. The number of esters is 1. The molecule has 0 amide bonds. The summed E-state index contributed by atoms with van der Waals surface area (Å²) < 4.78 is 37.4. The molecular weight excluding hydrogens is 569 g/mol. The van der Waals surface area contributed by atoms with Gasteiger partial charge in [0, 0.05) is 0 Å². The molecule has 2 rings (SSSR count). The Morgan fingerprint density at radius 2 is 1.11 bits per heavy atom. The summed E-state index contributed by atoms with van der Waals surface area (Å²) in [6, 6.07) is 1.84. The van der Waals surface area contributed by atoms with Crippen LogP contribution in [-0.4, -0.2) is 63.5 Å². The standard InChI is InChI=1S/C13H28O3Si2.C11H30O4Si4/c1-7-11(2)8-15-13(14)12-9-17(3,4)16-18(5,6)10-12;1-10-11(2)19(9)14-17(5,6)12-16(3,4)13-18(7,8)15-19/h11-12H,7-10H2,1-6H3;11H,10H2,1-9H3. The molecule has 2 aliphatic heterocycles. The average Bonchev–Trinajstić information content (AvgIpc) is 2.65. The lowest BCUT2D eigenvalue weighted by atomic mass is 10.1. The summed E-state index contributed by atoms with van der Waals surface area (Å²) in [5.41, 5.74) is 0.445. The Labute approximate surface area is 234 Å². The molecule has 0 aliphatic carbocycles. The zero-order valence-electron chi connectivity index (χ0n) is 26.6. The second kappa shape index (κ2) is 13.0. The van der Waals surface area contributed by atoms with Crippen LogP contribution in [0.3, 0.4) is 0 Å². The van der Waals surface area contributed by atoms with Gasteiger partial charge in [-0.25, -0.2) is 0 Å². The molecular formula is C24H58O7Si6. The summed E-state index contributed by atoms with van der Waals surface area (Å²) in [5.74, 6) is 0.565. The van der Waals surface area contributed by atoms with Crippen molar-refractivity contribution in [3.8, 4) is 0 Å². The van der Waals surface area contributed by atoms with Crippen molar-refractivity contribution in [2.45, 2.75) is 130 Å². The fraction of sp³-hybridized carbons (Fsp3) is 0.958. The molecule has 0 bridgehead atoms. The molecule has 2 fully saturated rings. The van der Waals surface area contributed by atoms with Crippen molar-refractivity contribution >= 4 is 56.8 Å². The van der Waals surface area contributed by atoms with Crippen molar-refractivity contribution < 1.29 is 30.1 Å².